The Kier molecular flexibility index (Phi) is 4.32. The van der Waals surface area contributed by atoms with Crippen molar-refractivity contribution in [2.75, 3.05) is 13.1 Å². The van der Waals surface area contributed by atoms with E-state index in [1.807, 2.05) is 0 Å². The molecule has 1 saturated heterocycles. The van der Waals surface area contributed by atoms with Crippen LogP contribution in [0.15, 0.2) is 24.3 Å². The minimum absolute atomic E-state index is 0.0947. The van der Waals surface area contributed by atoms with Crippen molar-refractivity contribution in [1.29, 1.82) is 0 Å². The van der Waals surface area contributed by atoms with Crippen LogP contribution in [-0.4, -0.2) is 31.1 Å². The third-order valence-corrected chi connectivity index (χ3v) is 2.85. The van der Waals surface area contributed by atoms with E-state index in [2.05, 4.69) is 21.5 Å². The lowest BCUT2D eigenvalue weighted by Crippen LogP contribution is -2.44. The van der Waals surface area contributed by atoms with Crippen LogP contribution in [0.4, 0.5) is 4.79 Å². The minimum Gasteiger partial charge on any atom is -0.366 e. The van der Waals surface area contributed by atoms with E-state index in [0.717, 1.165) is 5.56 Å². The molecule has 0 radical (unpaired) electrons. The number of nitrogens with two attached hydrogens (primary N) is 1. The third kappa shape index (κ3) is 3.94. The van der Waals surface area contributed by atoms with E-state index >= 15 is 0 Å². The molecule has 19 heavy (non-hydrogen) atoms. The van der Waals surface area contributed by atoms with Gasteiger partial charge < -0.3 is 16.4 Å². The zero-order chi connectivity index (χ0) is 13.7. The molecule has 102 valence electrons. The molecule has 0 atom stereocenters. The molecule has 1 aromatic carbocycles. The molecule has 6 N–H and O–H groups in total. The van der Waals surface area contributed by atoms with Gasteiger partial charge in [0.2, 0.25) is 5.91 Å². The fourth-order valence-corrected chi connectivity index (χ4v) is 1.77. The van der Waals surface area contributed by atoms with Crippen molar-refractivity contribution in [2.45, 2.75) is 12.6 Å². The monoisotopic (exact) mass is 263 g/mol. The summed E-state index contributed by atoms with van der Waals surface area (Å²) in [6, 6.07) is 6.69. The Hall–Kier alpha value is -2.12. The summed E-state index contributed by atoms with van der Waals surface area (Å²) in [4.78, 5) is 22.5. The van der Waals surface area contributed by atoms with Crippen molar-refractivity contribution in [3.8, 4) is 0 Å². The van der Waals surface area contributed by atoms with Crippen molar-refractivity contribution in [1.82, 2.24) is 21.5 Å². The van der Waals surface area contributed by atoms with Gasteiger partial charge in [0.15, 0.2) is 0 Å². The number of hydrazine groups is 1. The summed E-state index contributed by atoms with van der Waals surface area (Å²) in [6.45, 7) is 1.82. The molecule has 0 unspecified atom stereocenters. The second kappa shape index (κ2) is 6.17. The lowest BCUT2D eigenvalue weighted by molar-refractivity contribution is 0.1000. The smallest absolute Gasteiger partial charge is 0.315 e. The molecule has 0 aliphatic carbocycles. The number of carbonyl (C=O) groups is 2. The molecule has 0 saturated carbocycles. The maximum absolute atomic E-state index is 11.6. The number of rotatable bonds is 4. The quantitative estimate of drug-likeness (QED) is 0.483. The molecule has 1 fully saturated rings. The molecule has 0 spiro atoms. The van der Waals surface area contributed by atoms with Gasteiger partial charge in [-0.05, 0) is 17.7 Å². The molecule has 1 aliphatic heterocycles. The highest BCUT2D eigenvalue weighted by Crippen LogP contribution is 2.03. The molecule has 1 aromatic rings. The van der Waals surface area contributed by atoms with Gasteiger partial charge in [0.25, 0.3) is 0 Å². The molecular weight excluding hydrogens is 246 g/mol. The Morgan fingerprint density at radius 3 is 2.42 bits per heavy atom. The molecule has 1 aliphatic rings. The van der Waals surface area contributed by atoms with E-state index < -0.39 is 5.91 Å². The molecule has 7 nitrogen and oxygen atoms in total. The van der Waals surface area contributed by atoms with E-state index in [4.69, 9.17) is 5.73 Å². The predicted molar refractivity (Wildman–Crippen MR) is 70.1 cm³/mol. The van der Waals surface area contributed by atoms with Crippen LogP contribution >= 0.6 is 0 Å². The Morgan fingerprint density at radius 2 is 1.84 bits per heavy atom. The van der Waals surface area contributed by atoms with E-state index in [1.54, 1.807) is 24.3 Å². The Balaban J connectivity index is 1.77. The number of primary amides is 1. The van der Waals surface area contributed by atoms with Crippen molar-refractivity contribution in [2.24, 2.45) is 5.73 Å². The highest BCUT2D eigenvalue weighted by molar-refractivity contribution is 5.92. The summed E-state index contributed by atoms with van der Waals surface area (Å²) < 4.78 is 0. The van der Waals surface area contributed by atoms with Gasteiger partial charge in [-0.25, -0.2) is 4.79 Å². The number of nitrogens with one attached hydrogen (secondary N) is 4. The van der Waals surface area contributed by atoms with Gasteiger partial charge in [0, 0.05) is 25.2 Å². The average molecular weight is 263 g/mol. The Morgan fingerprint density at radius 1 is 1.21 bits per heavy atom. The standard InChI is InChI=1S/C12H17N5O2/c13-11(18)9-3-1-8(2-4-9)5-14-12(19)17-10-6-15-16-7-10/h1-4,10,15-16H,5-7H2,(H2,13,18)(H2,14,17,19). The lowest BCUT2D eigenvalue weighted by Gasteiger charge is -2.11. The number of benzene rings is 1. The average Bonchev–Trinajstić information content (AvgIpc) is 2.89. The van der Waals surface area contributed by atoms with Gasteiger partial charge in [0.05, 0.1) is 6.04 Å². The Bertz CT molecular complexity index is 454. The van der Waals surface area contributed by atoms with Crippen LogP contribution in [0.5, 0.6) is 0 Å². The van der Waals surface area contributed by atoms with Gasteiger partial charge >= 0.3 is 6.03 Å². The van der Waals surface area contributed by atoms with Crippen LogP contribution in [0.25, 0.3) is 0 Å². The molecule has 0 aromatic heterocycles. The van der Waals surface area contributed by atoms with Crippen molar-refractivity contribution in [3.63, 3.8) is 0 Å². The van der Waals surface area contributed by atoms with Crippen LogP contribution in [0.2, 0.25) is 0 Å². The second-order valence-electron chi connectivity index (χ2n) is 4.35. The summed E-state index contributed by atoms with van der Waals surface area (Å²) >= 11 is 0. The van der Waals surface area contributed by atoms with Crippen LogP contribution in [0.3, 0.4) is 0 Å². The molecule has 7 heteroatoms. The summed E-state index contributed by atoms with van der Waals surface area (Å²) in [6.07, 6.45) is 0. The SMILES string of the molecule is NC(=O)c1ccc(CNC(=O)NC2CNNC2)cc1. The number of carbonyl (C=O) groups excluding carboxylic acids is 2. The zero-order valence-corrected chi connectivity index (χ0v) is 10.4. The van der Waals surface area contributed by atoms with Crippen LogP contribution in [0, 0.1) is 0 Å². The normalized spacial score (nSPS) is 15.2. The Labute approximate surface area is 110 Å². The molecular formula is C12H17N5O2. The topological polar surface area (TPSA) is 108 Å². The maximum Gasteiger partial charge on any atom is 0.315 e. The van der Waals surface area contributed by atoms with Gasteiger partial charge in [-0.3, -0.25) is 15.6 Å². The van der Waals surface area contributed by atoms with Gasteiger partial charge in [0.1, 0.15) is 0 Å². The van der Waals surface area contributed by atoms with Gasteiger partial charge in [-0.15, -0.1) is 0 Å². The number of amides is 3. The van der Waals surface area contributed by atoms with E-state index in [0.29, 0.717) is 25.2 Å². The van der Waals surface area contributed by atoms with E-state index in [-0.39, 0.29) is 12.1 Å². The van der Waals surface area contributed by atoms with Gasteiger partial charge in [-0.2, -0.15) is 0 Å². The zero-order valence-electron chi connectivity index (χ0n) is 10.4. The van der Waals surface area contributed by atoms with E-state index in [9.17, 15) is 9.59 Å². The first-order valence-corrected chi connectivity index (χ1v) is 6.04. The minimum atomic E-state index is -0.460. The van der Waals surface area contributed by atoms with Crippen LogP contribution in [-0.2, 0) is 6.54 Å². The number of hydrogen-bond acceptors (Lipinski definition) is 4. The highest BCUT2D eigenvalue weighted by atomic mass is 16.2. The maximum atomic E-state index is 11.6. The fraction of sp³-hybridized carbons (Fsp3) is 0.333. The highest BCUT2D eigenvalue weighted by Gasteiger charge is 2.15. The van der Waals surface area contributed by atoms with Crippen molar-refractivity contribution < 1.29 is 9.59 Å². The molecule has 1 heterocycles. The summed E-state index contributed by atoms with van der Waals surface area (Å²) in [5.41, 5.74) is 12.4. The largest absolute Gasteiger partial charge is 0.366 e. The van der Waals surface area contributed by atoms with Gasteiger partial charge in [-0.1, -0.05) is 12.1 Å². The third-order valence-electron chi connectivity index (χ3n) is 2.85. The summed E-state index contributed by atoms with van der Waals surface area (Å²) in [7, 11) is 0. The molecule has 0 bridgehead atoms. The molecule has 3 amide bonds. The molecule has 2 rings (SSSR count). The fourth-order valence-electron chi connectivity index (χ4n) is 1.77. The van der Waals surface area contributed by atoms with Crippen LogP contribution in [0.1, 0.15) is 15.9 Å². The lowest BCUT2D eigenvalue weighted by atomic mass is 10.1. The second-order valence-corrected chi connectivity index (χ2v) is 4.35. The summed E-state index contributed by atoms with van der Waals surface area (Å²) in [5.74, 6) is -0.460. The van der Waals surface area contributed by atoms with E-state index in [1.165, 1.54) is 0 Å². The van der Waals surface area contributed by atoms with Crippen molar-refractivity contribution >= 4 is 11.9 Å². The first kappa shape index (κ1) is 13.3. The van der Waals surface area contributed by atoms with Crippen molar-refractivity contribution in [3.05, 3.63) is 35.4 Å². The first-order valence-electron chi connectivity index (χ1n) is 6.04. The summed E-state index contributed by atoms with van der Waals surface area (Å²) in [5, 5.41) is 5.58. The number of hydrogen-bond donors (Lipinski definition) is 5. The predicted octanol–water partition coefficient (Wildman–Crippen LogP) is -0.939. The number of urea groups is 1. The first-order chi connectivity index (χ1) is 9.15. The van der Waals surface area contributed by atoms with Crippen LogP contribution < -0.4 is 27.2 Å².